The average molecular weight is 307 g/mol. The lowest BCUT2D eigenvalue weighted by Crippen LogP contribution is -2.37. The number of ether oxygens (including phenoxy) is 1. The van der Waals surface area contributed by atoms with Gasteiger partial charge in [-0.1, -0.05) is 11.6 Å². The minimum atomic E-state index is 0.368. The number of hydrogen-bond acceptors (Lipinski definition) is 4. The second kappa shape index (κ2) is 5.29. The molecule has 0 saturated carbocycles. The van der Waals surface area contributed by atoms with Crippen LogP contribution in [0.1, 0.15) is 12.8 Å². The predicted octanol–water partition coefficient (Wildman–Crippen LogP) is 2.51. The number of aromatic nitrogens is 2. The topological polar surface area (TPSA) is 38.2 Å². The van der Waals surface area contributed by atoms with E-state index < -0.39 is 0 Å². The van der Waals surface area contributed by atoms with Crippen molar-refractivity contribution in [2.24, 2.45) is 0 Å². The third-order valence-corrected chi connectivity index (χ3v) is 4.05. The minimum absolute atomic E-state index is 0.368. The van der Waals surface area contributed by atoms with Gasteiger partial charge in [0.2, 0.25) is 0 Å². The van der Waals surface area contributed by atoms with Gasteiger partial charge in [0.15, 0.2) is 0 Å². The van der Waals surface area contributed by atoms with Crippen molar-refractivity contribution < 1.29 is 4.74 Å². The zero-order valence-electron chi connectivity index (χ0n) is 8.99. The van der Waals surface area contributed by atoms with Crippen molar-refractivity contribution in [2.45, 2.75) is 18.9 Å². The number of hydrogen-bond donors (Lipinski definition) is 0. The van der Waals surface area contributed by atoms with E-state index in [0.717, 1.165) is 36.2 Å². The molecule has 0 amide bonds. The molecule has 1 aromatic rings. The van der Waals surface area contributed by atoms with Crippen LogP contribution in [0.3, 0.4) is 0 Å². The van der Waals surface area contributed by atoms with Gasteiger partial charge in [-0.2, -0.15) is 0 Å². The van der Waals surface area contributed by atoms with Gasteiger partial charge in [0.25, 0.3) is 0 Å². The van der Waals surface area contributed by atoms with E-state index in [-0.39, 0.29) is 0 Å². The third kappa shape index (κ3) is 2.47. The molecule has 0 N–H and O–H groups in total. The largest absolute Gasteiger partial charge is 0.381 e. The fourth-order valence-electron chi connectivity index (χ4n) is 1.86. The second-order valence-electron chi connectivity index (χ2n) is 3.72. The zero-order valence-corrected chi connectivity index (χ0v) is 11.3. The molecule has 0 radical (unpaired) electrons. The van der Waals surface area contributed by atoms with Gasteiger partial charge in [0.05, 0.1) is 10.6 Å². The first-order valence-electron chi connectivity index (χ1n) is 5.16. The van der Waals surface area contributed by atoms with Gasteiger partial charge in [0.1, 0.15) is 17.3 Å². The highest BCUT2D eigenvalue weighted by molar-refractivity contribution is 9.10. The molecule has 0 atom stereocenters. The van der Waals surface area contributed by atoms with E-state index in [1.165, 1.54) is 6.33 Å². The van der Waals surface area contributed by atoms with Crippen molar-refractivity contribution in [3.63, 3.8) is 0 Å². The minimum Gasteiger partial charge on any atom is -0.381 e. The molecule has 4 nitrogen and oxygen atoms in total. The van der Waals surface area contributed by atoms with Crippen molar-refractivity contribution in [1.29, 1.82) is 0 Å². The van der Waals surface area contributed by atoms with Gasteiger partial charge in [-0.05, 0) is 28.8 Å². The van der Waals surface area contributed by atoms with Crippen LogP contribution >= 0.6 is 27.5 Å². The molecule has 2 rings (SSSR count). The van der Waals surface area contributed by atoms with E-state index in [9.17, 15) is 0 Å². The molecule has 1 aliphatic heterocycles. The first kappa shape index (κ1) is 12.1. The summed E-state index contributed by atoms with van der Waals surface area (Å²) in [6.07, 6.45) is 3.90. The monoisotopic (exact) mass is 305 g/mol. The molecular weight excluding hydrogens is 293 g/mol. The van der Waals surface area contributed by atoms with Gasteiger partial charge in [-0.15, -0.1) is 0 Å². The van der Waals surface area contributed by atoms with Crippen LogP contribution in [0, 0.1) is 0 Å². The van der Waals surface area contributed by atoms with E-state index in [4.69, 9.17) is 16.3 Å². The standard InChI is InChI=1S/C10H13BrClN3O/c1-16-7-2-4-15(5-3-7)10-8(11)9(12)13-6-14-10/h6-7H,2-5H2,1H3. The highest BCUT2D eigenvalue weighted by atomic mass is 79.9. The number of halogens is 2. The SMILES string of the molecule is COC1CCN(c2ncnc(Cl)c2Br)CC1. The first-order valence-corrected chi connectivity index (χ1v) is 6.33. The van der Waals surface area contributed by atoms with Crippen LogP contribution in [0.15, 0.2) is 10.8 Å². The molecule has 0 spiro atoms. The van der Waals surface area contributed by atoms with Crippen molar-refractivity contribution >= 4 is 33.3 Å². The Morgan fingerprint density at radius 1 is 1.44 bits per heavy atom. The summed E-state index contributed by atoms with van der Waals surface area (Å²) >= 11 is 9.36. The fraction of sp³-hybridized carbons (Fsp3) is 0.600. The summed E-state index contributed by atoms with van der Waals surface area (Å²) in [5.41, 5.74) is 0. The smallest absolute Gasteiger partial charge is 0.148 e. The van der Waals surface area contributed by atoms with Gasteiger partial charge >= 0.3 is 0 Å². The molecule has 16 heavy (non-hydrogen) atoms. The van der Waals surface area contributed by atoms with E-state index in [2.05, 4.69) is 30.8 Å². The quantitative estimate of drug-likeness (QED) is 0.787. The number of rotatable bonds is 2. The first-order chi connectivity index (χ1) is 7.72. The molecule has 1 aromatic heterocycles. The number of piperidine rings is 1. The van der Waals surface area contributed by atoms with Crippen LogP contribution in [0.25, 0.3) is 0 Å². The predicted molar refractivity (Wildman–Crippen MR) is 67.0 cm³/mol. The lowest BCUT2D eigenvalue weighted by molar-refractivity contribution is 0.0818. The molecule has 1 saturated heterocycles. The van der Waals surface area contributed by atoms with Gasteiger partial charge < -0.3 is 9.64 Å². The van der Waals surface area contributed by atoms with Gasteiger partial charge in [-0.3, -0.25) is 0 Å². The van der Waals surface area contributed by atoms with E-state index in [1.807, 2.05) is 0 Å². The molecule has 0 bridgehead atoms. The summed E-state index contributed by atoms with van der Waals surface area (Å²) in [7, 11) is 1.76. The maximum absolute atomic E-state index is 5.94. The number of methoxy groups -OCH3 is 1. The summed E-state index contributed by atoms with van der Waals surface area (Å²) in [5, 5.41) is 0.457. The Bertz CT molecular complexity index is 369. The molecular formula is C10H13BrClN3O. The summed E-state index contributed by atoms with van der Waals surface area (Å²) in [6, 6.07) is 0. The van der Waals surface area contributed by atoms with E-state index in [0.29, 0.717) is 11.3 Å². The molecule has 6 heteroatoms. The van der Waals surface area contributed by atoms with E-state index in [1.54, 1.807) is 7.11 Å². The lowest BCUT2D eigenvalue weighted by atomic mass is 10.1. The summed E-state index contributed by atoms with van der Waals surface area (Å²) < 4.78 is 6.10. The van der Waals surface area contributed by atoms with E-state index >= 15 is 0 Å². The van der Waals surface area contributed by atoms with Crippen LogP contribution in [0.4, 0.5) is 5.82 Å². The Labute approximate surface area is 108 Å². The fourth-order valence-corrected chi connectivity index (χ4v) is 2.45. The lowest BCUT2D eigenvalue weighted by Gasteiger charge is -2.32. The Morgan fingerprint density at radius 3 is 2.75 bits per heavy atom. The maximum atomic E-state index is 5.94. The molecule has 0 aromatic carbocycles. The highest BCUT2D eigenvalue weighted by Gasteiger charge is 2.22. The van der Waals surface area contributed by atoms with Gasteiger partial charge in [-0.25, -0.2) is 9.97 Å². The molecule has 0 unspecified atom stereocenters. The highest BCUT2D eigenvalue weighted by Crippen LogP contribution is 2.30. The van der Waals surface area contributed by atoms with Crippen LogP contribution in [-0.4, -0.2) is 36.3 Å². The van der Waals surface area contributed by atoms with Crippen LogP contribution in [-0.2, 0) is 4.74 Å². The van der Waals surface area contributed by atoms with Crippen molar-refractivity contribution in [1.82, 2.24) is 9.97 Å². The Morgan fingerprint density at radius 2 is 2.12 bits per heavy atom. The van der Waals surface area contributed by atoms with Crippen molar-refractivity contribution in [3.05, 3.63) is 16.0 Å². The molecule has 2 heterocycles. The number of nitrogens with zero attached hydrogens (tertiary/aromatic N) is 3. The Kier molecular flexibility index (Phi) is 4.00. The van der Waals surface area contributed by atoms with Crippen molar-refractivity contribution in [2.75, 3.05) is 25.1 Å². The molecule has 0 aliphatic carbocycles. The Hall–Kier alpha value is -0.390. The molecule has 1 fully saturated rings. The molecule has 88 valence electrons. The average Bonchev–Trinajstić information content (AvgIpc) is 2.33. The normalized spacial score (nSPS) is 17.8. The van der Waals surface area contributed by atoms with Crippen LogP contribution < -0.4 is 4.90 Å². The summed E-state index contributed by atoms with van der Waals surface area (Å²) in [4.78, 5) is 10.4. The summed E-state index contributed by atoms with van der Waals surface area (Å²) in [6.45, 7) is 1.87. The second-order valence-corrected chi connectivity index (χ2v) is 4.88. The molecule has 1 aliphatic rings. The van der Waals surface area contributed by atoms with Crippen molar-refractivity contribution in [3.8, 4) is 0 Å². The number of anilines is 1. The van der Waals surface area contributed by atoms with Gasteiger partial charge in [0, 0.05) is 20.2 Å². The maximum Gasteiger partial charge on any atom is 0.148 e. The van der Waals surface area contributed by atoms with Crippen LogP contribution in [0.2, 0.25) is 5.15 Å². The third-order valence-electron chi connectivity index (χ3n) is 2.80. The van der Waals surface area contributed by atoms with Crippen LogP contribution in [0.5, 0.6) is 0 Å². The summed E-state index contributed by atoms with van der Waals surface area (Å²) in [5.74, 6) is 0.870. The Balaban J connectivity index is 2.11. The zero-order chi connectivity index (χ0) is 11.5.